The summed E-state index contributed by atoms with van der Waals surface area (Å²) in [6.07, 6.45) is 2.91. The summed E-state index contributed by atoms with van der Waals surface area (Å²) in [7, 11) is 1.65. The smallest absolute Gasteiger partial charge is 0.184 e. The van der Waals surface area contributed by atoms with Gasteiger partial charge in [-0.25, -0.2) is 8.78 Å². The Morgan fingerprint density at radius 1 is 1.42 bits per heavy atom. The van der Waals surface area contributed by atoms with E-state index >= 15 is 0 Å². The third kappa shape index (κ3) is 1.90. The van der Waals surface area contributed by atoms with Crippen molar-refractivity contribution in [2.45, 2.75) is 31.4 Å². The van der Waals surface area contributed by atoms with Crippen molar-refractivity contribution in [1.29, 1.82) is 0 Å². The molecule has 1 aromatic carbocycles. The minimum Gasteiger partial charge on any atom is -0.376 e. The second-order valence-corrected chi connectivity index (χ2v) is 5.40. The van der Waals surface area contributed by atoms with Gasteiger partial charge in [0.25, 0.3) is 0 Å². The average molecular weight is 284 g/mol. The van der Waals surface area contributed by atoms with Gasteiger partial charge in [0, 0.05) is 7.11 Å². The van der Waals surface area contributed by atoms with E-state index in [2.05, 4.69) is 4.98 Å². The van der Waals surface area contributed by atoms with Gasteiger partial charge in [-0.15, -0.1) is 0 Å². The number of benzene rings is 1. The van der Waals surface area contributed by atoms with E-state index in [0.29, 0.717) is 16.8 Å². The van der Waals surface area contributed by atoms with E-state index in [1.807, 2.05) is 0 Å². The highest BCUT2D eigenvalue weighted by Crippen LogP contribution is 2.37. The van der Waals surface area contributed by atoms with Gasteiger partial charge < -0.3 is 14.3 Å². The molecule has 0 spiro atoms. The molecule has 1 heterocycles. The molecular weight excluding hydrogens is 270 g/mol. The van der Waals surface area contributed by atoms with E-state index in [4.69, 9.17) is 17.0 Å². The lowest BCUT2D eigenvalue weighted by molar-refractivity contribution is -0.0831. The van der Waals surface area contributed by atoms with Gasteiger partial charge >= 0.3 is 0 Å². The predicted octanol–water partition coefficient (Wildman–Crippen LogP) is 3.55. The van der Waals surface area contributed by atoms with Gasteiger partial charge in [-0.05, 0) is 43.6 Å². The number of nitrogens with one attached hydrogen (secondary N) is 1. The van der Waals surface area contributed by atoms with Gasteiger partial charge in [-0.1, -0.05) is 0 Å². The van der Waals surface area contributed by atoms with Crippen LogP contribution in [0.5, 0.6) is 0 Å². The van der Waals surface area contributed by atoms with E-state index in [1.54, 1.807) is 11.7 Å². The fraction of sp³-hybridized carbons (Fsp3) is 0.462. The van der Waals surface area contributed by atoms with Crippen LogP contribution in [0.2, 0.25) is 0 Å². The summed E-state index contributed by atoms with van der Waals surface area (Å²) in [6, 6.07) is 2.60. The van der Waals surface area contributed by atoms with Crippen LogP contribution >= 0.6 is 12.2 Å². The van der Waals surface area contributed by atoms with Crippen molar-refractivity contribution in [3.8, 4) is 0 Å². The highest BCUT2D eigenvalue weighted by Gasteiger charge is 2.38. The summed E-state index contributed by atoms with van der Waals surface area (Å²) in [4.78, 5) is 2.91. The minimum atomic E-state index is -0.865. The number of hydrogen-bond donors (Lipinski definition) is 1. The van der Waals surface area contributed by atoms with Crippen molar-refractivity contribution in [2.24, 2.45) is 0 Å². The number of H-pyrrole nitrogens is 1. The first-order valence-corrected chi connectivity index (χ1v) is 6.59. The van der Waals surface area contributed by atoms with Crippen LogP contribution in [0.1, 0.15) is 19.3 Å². The third-order valence-electron chi connectivity index (χ3n) is 3.97. The van der Waals surface area contributed by atoms with E-state index in [1.165, 1.54) is 6.07 Å². The van der Waals surface area contributed by atoms with Crippen molar-refractivity contribution < 1.29 is 13.5 Å². The topological polar surface area (TPSA) is 29.9 Å². The number of aromatic amines is 1. The highest BCUT2D eigenvalue weighted by molar-refractivity contribution is 7.71. The number of imidazole rings is 1. The molecule has 0 unspecified atom stereocenters. The first kappa shape index (κ1) is 12.7. The van der Waals surface area contributed by atoms with Crippen molar-refractivity contribution >= 4 is 23.3 Å². The molecule has 0 saturated heterocycles. The molecule has 0 amide bonds. The van der Waals surface area contributed by atoms with Crippen molar-refractivity contribution in [1.82, 2.24) is 9.55 Å². The number of aromatic nitrogens is 2. The molecular formula is C13H14F2N2OS. The molecule has 3 rings (SSSR count). The Hall–Kier alpha value is -1.27. The maximum Gasteiger partial charge on any atom is 0.184 e. The number of hydrogen-bond acceptors (Lipinski definition) is 2. The fourth-order valence-corrected chi connectivity index (χ4v) is 2.89. The summed E-state index contributed by atoms with van der Waals surface area (Å²) in [5.74, 6) is -1.73. The summed E-state index contributed by atoms with van der Waals surface area (Å²) in [5, 5.41) is 0. The van der Waals surface area contributed by atoms with Crippen LogP contribution in [-0.2, 0) is 11.3 Å². The van der Waals surface area contributed by atoms with E-state index in [-0.39, 0.29) is 11.1 Å². The van der Waals surface area contributed by atoms with Gasteiger partial charge in [0.2, 0.25) is 0 Å². The summed E-state index contributed by atoms with van der Waals surface area (Å²) in [5.41, 5.74) is 0.398. The Morgan fingerprint density at radius 2 is 2.16 bits per heavy atom. The normalized spacial score (nSPS) is 17.6. The minimum absolute atomic E-state index is 0.188. The van der Waals surface area contributed by atoms with Crippen molar-refractivity contribution in [3.05, 3.63) is 28.5 Å². The van der Waals surface area contributed by atoms with Crippen molar-refractivity contribution in [2.75, 3.05) is 7.11 Å². The standard InChI is InChI=1S/C13H14F2N2OS/c1-18-13(5-2-6-13)7-17-11-9(16-12(17)19)4-3-8(14)10(11)15/h3-4H,2,5-7H2,1H3,(H,16,19). The van der Waals surface area contributed by atoms with Crippen LogP contribution < -0.4 is 0 Å². The molecule has 1 saturated carbocycles. The zero-order valence-electron chi connectivity index (χ0n) is 10.5. The Labute approximate surface area is 114 Å². The Morgan fingerprint density at radius 3 is 2.74 bits per heavy atom. The molecule has 1 aliphatic rings. The van der Waals surface area contributed by atoms with Gasteiger partial charge in [0.15, 0.2) is 16.4 Å². The predicted molar refractivity (Wildman–Crippen MR) is 70.6 cm³/mol. The second-order valence-electron chi connectivity index (χ2n) is 5.01. The summed E-state index contributed by atoms with van der Waals surface area (Å²) >= 11 is 5.21. The van der Waals surface area contributed by atoms with Crippen LogP contribution in [0, 0.1) is 16.4 Å². The lowest BCUT2D eigenvalue weighted by atomic mass is 9.80. The number of fused-ring (bicyclic) bond motifs is 1. The highest BCUT2D eigenvalue weighted by atomic mass is 32.1. The lowest BCUT2D eigenvalue weighted by Gasteiger charge is -2.40. The molecule has 0 bridgehead atoms. The summed E-state index contributed by atoms with van der Waals surface area (Å²) < 4.78 is 34.9. The van der Waals surface area contributed by atoms with Crippen LogP contribution in [0.25, 0.3) is 11.0 Å². The SMILES string of the molecule is COC1(Cn2c(=S)[nH]c3ccc(F)c(F)c32)CCC1. The fourth-order valence-electron chi connectivity index (χ4n) is 2.63. The number of rotatable bonds is 3. The first-order valence-electron chi connectivity index (χ1n) is 6.18. The molecule has 1 N–H and O–H groups in total. The first-order chi connectivity index (χ1) is 9.06. The number of nitrogens with zero attached hydrogens (tertiary/aromatic N) is 1. The zero-order valence-corrected chi connectivity index (χ0v) is 11.3. The van der Waals surface area contributed by atoms with Crippen LogP contribution in [0.4, 0.5) is 8.78 Å². The van der Waals surface area contributed by atoms with Crippen molar-refractivity contribution in [3.63, 3.8) is 0 Å². The molecule has 19 heavy (non-hydrogen) atoms. The maximum atomic E-state index is 14.0. The molecule has 0 radical (unpaired) electrons. The Kier molecular flexibility index (Phi) is 2.94. The molecule has 0 atom stereocenters. The quantitative estimate of drug-likeness (QED) is 0.874. The van der Waals surface area contributed by atoms with E-state index < -0.39 is 11.6 Å². The zero-order chi connectivity index (χ0) is 13.6. The molecule has 102 valence electrons. The molecule has 1 aromatic heterocycles. The largest absolute Gasteiger partial charge is 0.376 e. The van der Waals surface area contributed by atoms with E-state index in [0.717, 1.165) is 25.3 Å². The monoisotopic (exact) mass is 284 g/mol. The molecule has 0 aliphatic heterocycles. The third-order valence-corrected chi connectivity index (χ3v) is 4.29. The lowest BCUT2D eigenvalue weighted by Crippen LogP contribution is -2.43. The Bertz CT molecular complexity index is 682. The van der Waals surface area contributed by atoms with Crippen LogP contribution in [0.3, 0.4) is 0 Å². The Balaban J connectivity index is 2.15. The average Bonchev–Trinajstić information content (AvgIpc) is 2.66. The van der Waals surface area contributed by atoms with Crippen LogP contribution in [0.15, 0.2) is 12.1 Å². The van der Waals surface area contributed by atoms with Gasteiger partial charge in [-0.2, -0.15) is 0 Å². The molecule has 2 aromatic rings. The van der Waals surface area contributed by atoms with E-state index in [9.17, 15) is 8.78 Å². The van der Waals surface area contributed by atoms with Gasteiger partial charge in [-0.3, -0.25) is 0 Å². The molecule has 1 fully saturated rings. The van der Waals surface area contributed by atoms with Gasteiger partial charge in [0.05, 0.1) is 17.7 Å². The van der Waals surface area contributed by atoms with Crippen LogP contribution in [-0.4, -0.2) is 22.3 Å². The van der Waals surface area contributed by atoms with Gasteiger partial charge in [0.1, 0.15) is 5.52 Å². The maximum absolute atomic E-state index is 14.0. The number of ether oxygens (including phenoxy) is 1. The molecule has 1 aliphatic carbocycles. The molecule has 3 nitrogen and oxygen atoms in total. The number of methoxy groups -OCH3 is 1. The number of halogens is 2. The summed E-state index contributed by atoms with van der Waals surface area (Å²) in [6.45, 7) is 0.447. The second kappa shape index (κ2) is 4.38. The molecule has 6 heteroatoms.